The fourth-order valence-corrected chi connectivity index (χ4v) is 2.70. The number of hydrogen-bond acceptors (Lipinski definition) is 6. The Morgan fingerprint density at radius 1 is 1.10 bits per heavy atom. The summed E-state index contributed by atoms with van der Waals surface area (Å²) >= 11 is 0. The van der Waals surface area contributed by atoms with Crippen LogP contribution in [0.4, 0.5) is 5.69 Å². The molecule has 7 nitrogen and oxygen atoms in total. The molecule has 2 aromatic carbocycles. The first-order valence-electron chi connectivity index (χ1n) is 9.81. The zero-order valence-corrected chi connectivity index (χ0v) is 17.3. The summed E-state index contributed by atoms with van der Waals surface area (Å²) in [5.41, 5.74) is 0.898. The molecule has 0 aliphatic carbocycles. The van der Waals surface area contributed by atoms with Gasteiger partial charge in [0.1, 0.15) is 0 Å². The fourth-order valence-electron chi connectivity index (χ4n) is 2.70. The SMILES string of the molecule is CCCCOc1ccc(C(=O)OCC(=O)N(CCC#N)c2ccccc2)cc1OC. The average Bonchev–Trinajstić information content (AvgIpc) is 2.78. The minimum atomic E-state index is -0.643. The van der Waals surface area contributed by atoms with E-state index in [-0.39, 0.29) is 18.5 Å². The summed E-state index contributed by atoms with van der Waals surface area (Å²) in [7, 11) is 1.49. The van der Waals surface area contributed by atoms with Crippen LogP contribution in [0.3, 0.4) is 0 Å². The molecule has 0 saturated heterocycles. The molecule has 30 heavy (non-hydrogen) atoms. The number of para-hydroxylation sites is 1. The molecule has 0 aromatic heterocycles. The number of hydrogen-bond donors (Lipinski definition) is 0. The third kappa shape index (κ3) is 6.52. The molecule has 0 aliphatic rings. The van der Waals surface area contributed by atoms with E-state index < -0.39 is 18.5 Å². The molecule has 0 bridgehead atoms. The van der Waals surface area contributed by atoms with E-state index in [1.54, 1.807) is 36.4 Å². The summed E-state index contributed by atoms with van der Waals surface area (Å²) in [6.07, 6.45) is 2.10. The van der Waals surface area contributed by atoms with Crippen LogP contribution in [0.5, 0.6) is 11.5 Å². The van der Waals surface area contributed by atoms with Crippen LogP contribution in [-0.2, 0) is 9.53 Å². The van der Waals surface area contributed by atoms with Crippen LogP contribution >= 0.6 is 0 Å². The van der Waals surface area contributed by atoms with Crippen LogP contribution in [0.25, 0.3) is 0 Å². The van der Waals surface area contributed by atoms with E-state index >= 15 is 0 Å². The van der Waals surface area contributed by atoms with E-state index in [2.05, 4.69) is 6.92 Å². The topological polar surface area (TPSA) is 88.9 Å². The Morgan fingerprint density at radius 2 is 1.87 bits per heavy atom. The zero-order chi connectivity index (χ0) is 21.8. The Morgan fingerprint density at radius 3 is 2.53 bits per heavy atom. The maximum Gasteiger partial charge on any atom is 0.338 e. The molecule has 0 heterocycles. The second-order valence-electron chi connectivity index (χ2n) is 6.43. The molecule has 0 unspecified atom stereocenters. The van der Waals surface area contributed by atoms with Crippen LogP contribution in [0.2, 0.25) is 0 Å². The summed E-state index contributed by atoms with van der Waals surface area (Å²) in [6.45, 7) is 2.41. The van der Waals surface area contributed by atoms with Gasteiger partial charge in [-0.15, -0.1) is 0 Å². The number of esters is 1. The predicted molar refractivity (Wildman–Crippen MR) is 113 cm³/mol. The Bertz CT molecular complexity index is 877. The van der Waals surface area contributed by atoms with Gasteiger partial charge >= 0.3 is 5.97 Å². The molecule has 2 aromatic rings. The molecule has 0 spiro atoms. The smallest absolute Gasteiger partial charge is 0.338 e. The molecular formula is C23H26N2O5. The van der Waals surface area contributed by atoms with Gasteiger partial charge in [0, 0.05) is 12.2 Å². The Balaban J connectivity index is 2.02. The first kappa shape index (κ1) is 22.8. The van der Waals surface area contributed by atoms with Crippen molar-refractivity contribution in [3.8, 4) is 17.6 Å². The van der Waals surface area contributed by atoms with Crippen LogP contribution in [-0.4, -0.2) is 38.7 Å². The molecule has 0 fully saturated rings. The van der Waals surface area contributed by atoms with Gasteiger partial charge in [-0.05, 0) is 36.8 Å². The largest absolute Gasteiger partial charge is 0.493 e. The third-order valence-electron chi connectivity index (χ3n) is 4.30. The van der Waals surface area contributed by atoms with Crippen molar-refractivity contribution in [1.29, 1.82) is 5.26 Å². The Hall–Kier alpha value is -3.53. The van der Waals surface area contributed by atoms with Crippen molar-refractivity contribution in [2.24, 2.45) is 0 Å². The maximum atomic E-state index is 12.6. The molecule has 0 radical (unpaired) electrons. The number of anilines is 1. The van der Waals surface area contributed by atoms with Gasteiger partial charge in [0.25, 0.3) is 5.91 Å². The standard InChI is InChI=1S/C23H26N2O5/c1-3-4-15-29-20-12-11-18(16-21(20)28-2)23(27)30-17-22(26)25(14-8-13-24)19-9-6-5-7-10-19/h5-7,9-12,16H,3-4,8,14-15,17H2,1-2H3. The molecule has 2 rings (SSSR count). The van der Waals surface area contributed by atoms with Gasteiger partial charge in [-0.2, -0.15) is 5.26 Å². The fraction of sp³-hybridized carbons (Fsp3) is 0.348. The van der Waals surface area contributed by atoms with Gasteiger partial charge < -0.3 is 19.1 Å². The van der Waals surface area contributed by atoms with Crippen molar-refractivity contribution in [3.05, 3.63) is 54.1 Å². The first-order valence-corrected chi connectivity index (χ1v) is 9.81. The quantitative estimate of drug-likeness (QED) is 0.411. The zero-order valence-electron chi connectivity index (χ0n) is 17.3. The first-order chi connectivity index (χ1) is 14.6. The lowest BCUT2D eigenvalue weighted by molar-refractivity contribution is -0.121. The number of nitrogens with zero attached hydrogens (tertiary/aromatic N) is 2. The van der Waals surface area contributed by atoms with Gasteiger partial charge in [-0.25, -0.2) is 4.79 Å². The summed E-state index contributed by atoms with van der Waals surface area (Å²) in [4.78, 5) is 26.5. The number of rotatable bonds is 11. The number of unbranched alkanes of at least 4 members (excludes halogenated alkanes) is 1. The number of nitriles is 1. The highest BCUT2D eigenvalue weighted by molar-refractivity contribution is 5.97. The van der Waals surface area contributed by atoms with Crippen LogP contribution < -0.4 is 14.4 Å². The second kappa shape index (κ2) is 12.1. The molecular weight excluding hydrogens is 384 g/mol. The van der Waals surface area contributed by atoms with Gasteiger partial charge in [-0.1, -0.05) is 31.5 Å². The molecule has 0 saturated carbocycles. The highest BCUT2D eigenvalue weighted by Gasteiger charge is 2.19. The van der Waals surface area contributed by atoms with E-state index in [1.165, 1.54) is 18.1 Å². The van der Waals surface area contributed by atoms with Crippen LogP contribution in [0.15, 0.2) is 48.5 Å². The van der Waals surface area contributed by atoms with E-state index in [4.69, 9.17) is 19.5 Å². The normalized spacial score (nSPS) is 10.0. The number of amides is 1. The number of carbonyl (C=O) groups is 2. The van der Waals surface area contributed by atoms with Gasteiger partial charge in [0.05, 0.1) is 31.8 Å². The Kier molecular flexibility index (Phi) is 9.19. The maximum absolute atomic E-state index is 12.6. The van der Waals surface area contributed by atoms with Crippen molar-refractivity contribution < 1.29 is 23.8 Å². The minimum Gasteiger partial charge on any atom is -0.493 e. The molecule has 1 amide bonds. The van der Waals surface area contributed by atoms with E-state index in [1.807, 2.05) is 12.1 Å². The van der Waals surface area contributed by atoms with Crippen molar-refractivity contribution in [1.82, 2.24) is 0 Å². The average molecular weight is 410 g/mol. The lowest BCUT2D eigenvalue weighted by atomic mass is 10.2. The van der Waals surface area contributed by atoms with Crippen molar-refractivity contribution in [2.45, 2.75) is 26.2 Å². The summed E-state index contributed by atoms with van der Waals surface area (Å²) in [5, 5.41) is 8.86. The summed E-state index contributed by atoms with van der Waals surface area (Å²) < 4.78 is 16.2. The van der Waals surface area contributed by atoms with Crippen LogP contribution in [0.1, 0.15) is 36.5 Å². The van der Waals surface area contributed by atoms with Crippen molar-refractivity contribution >= 4 is 17.6 Å². The highest BCUT2D eigenvalue weighted by atomic mass is 16.5. The number of ether oxygens (including phenoxy) is 3. The monoisotopic (exact) mass is 410 g/mol. The van der Waals surface area contributed by atoms with E-state index in [9.17, 15) is 9.59 Å². The number of methoxy groups -OCH3 is 1. The molecule has 0 atom stereocenters. The molecule has 7 heteroatoms. The third-order valence-corrected chi connectivity index (χ3v) is 4.30. The van der Waals surface area contributed by atoms with Gasteiger partial charge in [0.15, 0.2) is 18.1 Å². The lowest BCUT2D eigenvalue weighted by Gasteiger charge is -2.21. The van der Waals surface area contributed by atoms with Gasteiger partial charge in [-0.3, -0.25) is 4.79 Å². The number of carbonyl (C=O) groups excluding carboxylic acids is 2. The predicted octanol–water partition coefficient (Wildman–Crippen LogP) is 3.98. The highest BCUT2D eigenvalue weighted by Crippen LogP contribution is 2.28. The molecule has 0 N–H and O–H groups in total. The number of benzene rings is 2. The molecule has 0 aliphatic heterocycles. The Labute approximate surface area is 176 Å². The summed E-state index contributed by atoms with van der Waals surface area (Å²) in [5.74, 6) is -0.0801. The second-order valence-corrected chi connectivity index (χ2v) is 6.43. The van der Waals surface area contributed by atoms with Crippen LogP contribution in [0, 0.1) is 11.3 Å². The van der Waals surface area contributed by atoms with E-state index in [0.29, 0.717) is 23.8 Å². The van der Waals surface area contributed by atoms with Gasteiger partial charge in [0.2, 0.25) is 0 Å². The minimum absolute atomic E-state index is 0.172. The lowest BCUT2D eigenvalue weighted by Crippen LogP contribution is -2.35. The van der Waals surface area contributed by atoms with Crippen molar-refractivity contribution in [2.75, 3.05) is 31.8 Å². The molecule has 158 valence electrons. The summed E-state index contributed by atoms with van der Waals surface area (Å²) in [6, 6.07) is 15.7. The van der Waals surface area contributed by atoms with Crippen molar-refractivity contribution in [3.63, 3.8) is 0 Å². The van der Waals surface area contributed by atoms with E-state index in [0.717, 1.165) is 12.8 Å².